The van der Waals surface area contributed by atoms with Crippen LogP contribution in [0.1, 0.15) is 64.5 Å². The fraction of sp³-hybridized carbons (Fsp3) is 0.293. The van der Waals surface area contributed by atoms with Gasteiger partial charge in [0.15, 0.2) is 5.82 Å². The minimum atomic E-state index is -3.92. The van der Waals surface area contributed by atoms with E-state index in [9.17, 15) is 30.8 Å². The van der Waals surface area contributed by atoms with Crippen molar-refractivity contribution in [1.82, 2.24) is 44.4 Å². The molecule has 4 aromatic heterocycles. The zero-order chi connectivity index (χ0) is 45.0. The summed E-state index contributed by atoms with van der Waals surface area (Å²) in [7, 11) is -2.46. The van der Waals surface area contributed by atoms with Gasteiger partial charge >= 0.3 is 0 Å². The van der Waals surface area contributed by atoms with Crippen molar-refractivity contribution in [1.29, 1.82) is 0 Å². The van der Waals surface area contributed by atoms with Crippen LogP contribution in [0.5, 0.6) is 0 Å². The smallest absolute Gasteiger partial charge is 0.293 e. The number of alkyl halides is 4. The standard InChI is InChI=1S/C41H33ClF6N10O4S/c1-17-31(18(2)50-16-49-17)20-5-6-23-27(12-20)52-39(58(40(23)60)29-8-7-26(42)33-35(29)56(3)54-38(33)55-63(4,61)62)28(11-19-9-21(43)13-22(44)10-19)51-30(59)15-57-36-32(34(53-57)37(45)46)24-14-25(24)41(36,47)48/h5-10,12-13,16,24-25,28,37H,11,14-15H2,1-4H3,(H,51,59)(H,54,55)/t24-,25+,28-/m0/s1. The average molecular weight is 911 g/mol. The van der Waals surface area contributed by atoms with Crippen LogP contribution in [0.4, 0.5) is 32.2 Å². The van der Waals surface area contributed by atoms with E-state index >= 15 is 13.6 Å². The lowest BCUT2D eigenvalue weighted by atomic mass is 10.0. The van der Waals surface area contributed by atoms with Gasteiger partial charge in [-0.2, -0.15) is 19.0 Å². The van der Waals surface area contributed by atoms with Gasteiger partial charge in [0.25, 0.3) is 17.9 Å². The summed E-state index contributed by atoms with van der Waals surface area (Å²) in [6.07, 6.45) is -1.39. The van der Waals surface area contributed by atoms with E-state index in [1.54, 1.807) is 26.0 Å². The van der Waals surface area contributed by atoms with Gasteiger partial charge < -0.3 is 5.32 Å². The van der Waals surface area contributed by atoms with E-state index in [4.69, 9.17) is 16.6 Å². The predicted octanol–water partition coefficient (Wildman–Crippen LogP) is 7.09. The largest absolute Gasteiger partial charge is 0.344 e. The number of carbonyl (C=O) groups is 1. The maximum atomic E-state index is 15.6. The SMILES string of the molecule is Cc1ncnc(C)c1-c1ccc2c(=O)n(-c3ccc(Cl)c4c(NS(C)(=O)=O)nn(C)c34)c([C@H](Cc3cc(F)cc(F)c3)NC(=O)Cn3nc(C(F)F)c4c3C(F)(F)[C@@H]3C[C@H]43)nc2c1. The normalized spacial score (nSPS) is 17.0. The molecule has 0 bridgehead atoms. The van der Waals surface area contributed by atoms with Gasteiger partial charge in [0.1, 0.15) is 41.7 Å². The third kappa shape index (κ3) is 7.25. The Morgan fingerprint density at radius 2 is 1.71 bits per heavy atom. The zero-order valence-electron chi connectivity index (χ0n) is 33.4. The first-order valence-electron chi connectivity index (χ1n) is 19.2. The number of sulfonamides is 1. The van der Waals surface area contributed by atoms with Crippen molar-refractivity contribution in [3.63, 3.8) is 0 Å². The third-order valence-corrected chi connectivity index (χ3v) is 12.2. The highest BCUT2D eigenvalue weighted by atomic mass is 35.5. The number of benzene rings is 3. The summed E-state index contributed by atoms with van der Waals surface area (Å²) in [6, 6.07) is 8.62. The molecular formula is C41H33ClF6N10O4S. The van der Waals surface area contributed by atoms with Crippen molar-refractivity contribution in [2.24, 2.45) is 13.0 Å². The first-order valence-corrected chi connectivity index (χ1v) is 21.5. The van der Waals surface area contributed by atoms with Crippen molar-refractivity contribution < 1.29 is 39.6 Å². The number of aromatic nitrogens is 8. The number of nitrogens with zero attached hydrogens (tertiary/aromatic N) is 8. The van der Waals surface area contributed by atoms with Gasteiger partial charge in [0.2, 0.25) is 15.9 Å². The first-order chi connectivity index (χ1) is 29.7. The number of amides is 1. The molecule has 14 nitrogen and oxygen atoms in total. The Kier molecular flexibility index (Phi) is 9.92. The number of rotatable bonds is 11. The summed E-state index contributed by atoms with van der Waals surface area (Å²) < 4.78 is 119. The monoisotopic (exact) mass is 910 g/mol. The molecule has 0 spiro atoms. The molecule has 63 heavy (non-hydrogen) atoms. The number of carbonyl (C=O) groups excluding carboxylic acids is 1. The van der Waals surface area contributed by atoms with Crippen LogP contribution in [0.15, 0.2) is 59.7 Å². The summed E-state index contributed by atoms with van der Waals surface area (Å²) in [5, 5.41) is 10.9. The van der Waals surface area contributed by atoms with Gasteiger partial charge in [0.05, 0.1) is 44.8 Å². The summed E-state index contributed by atoms with van der Waals surface area (Å²) in [5.74, 6) is -9.05. The third-order valence-electron chi connectivity index (χ3n) is 11.3. The number of anilines is 1. The van der Waals surface area contributed by atoms with Crippen molar-refractivity contribution in [3.8, 4) is 16.8 Å². The number of nitrogens with one attached hydrogen (secondary N) is 2. The lowest BCUT2D eigenvalue weighted by Crippen LogP contribution is -2.38. The molecule has 1 saturated carbocycles. The molecule has 0 saturated heterocycles. The Morgan fingerprint density at radius 1 is 1.02 bits per heavy atom. The topological polar surface area (TPSA) is 172 Å². The minimum absolute atomic E-state index is 0.00632. The Labute approximate surface area is 358 Å². The molecular weight excluding hydrogens is 878 g/mol. The number of aryl methyl sites for hydroxylation is 3. The number of halogens is 7. The summed E-state index contributed by atoms with van der Waals surface area (Å²) in [5.41, 5.74) is -0.0963. The number of fused-ring (bicyclic) bond motifs is 5. The summed E-state index contributed by atoms with van der Waals surface area (Å²) in [6.45, 7) is 2.54. The molecule has 0 aliphatic heterocycles. The fourth-order valence-electron chi connectivity index (χ4n) is 8.75. The van der Waals surface area contributed by atoms with E-state index in [-0.39, 0.29) is 61.7 Å². The zero-order valence-corrected chi connectivity index (χ0v) is 35.0. The van der Waals surface area contributed by atoms with Crippen molar-refractivity contribution in [2.45, 2.75) is 57.5 Å². The first kappa shape index (κ1) is 42.0. The van der Waals surface area contributed by atoms with Crippen LogP contribution >= 0.6 is 11.6 Å². The van der Waals surface area contributed by atoms with Crippen molar-refractivity contribution >= 4 is 55.2 Å². The molecule has 0 radical (unpaired) electrons. The van der Waals surface area contributed by atoms with Crippen LogP contribution in [0.3, 0.4) is 0 Å². The highest BCUT2D eigenvalue weighted by Crippen LogP contribution is 2.68. The highest BCUT2D eigenvalue weighted by molar-refractivity contribution is 7.92. The predicted molar refractivity (Wildman–Crippen MR) is 218 cm³/mol. The van der Waals surface area contributed by atoms with Gasteiger partial charge in [-0.3, -0.25) is 28.2 Å². The van der Waals surface area contributed by atoms with Gasteiger partial charge in [-0.15, -0.1) is 0 Å². The molecule has 1 amide bonds. The molecule has 326 valence electrons. The Balaban J connectivity index is 1.27. The van der Waals surface area contributed by atoms with Gasteiger partial charge in [-0.05, 0) is 73.7 Å². The summed E-state index contributed by atoms with van der Waals surface area (Å²) in [4.78, 5) is 42.8. The lowest BCUT2D eigenvalue weighted by Gasteiger charge is -2.24. The highest BCUT2D eigenvalue weighted by Gasteiger charge is 2.67. The molecule has 7 aromatic rings. The maximum Gasteiger partial charge on any atom is 0.293 e. The second-order valence-electron chi connectivity index (χ2n) is 15.7. The molecule has 3 atom stereocenters. The fourth-order valence-corrected chi connectivity index (χ4v) is 9.48. The molecule has 9 rings (SSSR count). The van der Waals surface area contributed by atoms with Crippen LogP contribution in [-0.2, 0) is 40.8 Å². The van der Waals surface area contributed by atoms with Crippen LogP contribution < -0.4 is 15.6 Å². The molecule has 1 fully saturated rings. The maximum absolute atomic E-state index is 15.6. The van der Waals surface area contributed by atoms with E-state index in [1.165, 1.54) is 36.3 Å². The van der Waals surface area contributed by atoms with Crippen LogP contribution in [-0.4, -0.2) is 59.7 Å². The van der Waals surface area contributed by atoms with Crippen molar-refractivity contribution in [2.75, 3.05) is 11.0 Å². The van der Waals surface area contributed by atoms with Crippen LogP contribution in [0.2, 0.25) is 5.02 Å². The second-order valence-corrected chi connectivity index (χ2v) is 17.8. The van der Waals surface area contributed by atoms with E-state index < -0.39 is 87.7 Å². The molecule has 22 heteroatoms. The van der Waals surface area contributed by atoms with Gasteiger partial charge in [-0.1, -0.05) is 17.7 Å². The quantitative estimate of drug-likeness (QED) is 0.129. The van der Waals surface area contributed by atoms with E-state index in [2.05, 4.69) is 30.2 Å². The van der Waals surface area contributed by atoms with E-state index in [0.29, 0.717) is 33.3 Å². The Morgan fingerprint density at radius 3 is 2.38 bits per heavy atom. The Bertz CT molecular complexity index is 3220. The molecule has 0 unspecified atom stereocenters. The Hall–Kier alpha value is -6.35. The molecule has 4 heterocycles. The second kappa shape index (κ2) is 14.9. The van der Waals surface area contributed by atoms with Crippen LogP contribution in [0.25, 0.3) is 38.6 Å². The van der Waals surface area contributed by atoms with Gasteiger partial charge in [0, 0.05) is 48.0 Å². The molecule has 2 aliphatic rings. The summed E-state index contributed by atoms with van der Waals surface area (Å²) >= 11 is 6.64. The van der Waals surface area contributed by atoms with Crippen molar-refractivity contribution in [3.05, 3.63) is 122 Å². The van der Waals surface area contributed by atoms with Crippen LogP contribution in [0, 0.1) is 31.4 Å². The number of hydrogen-bond donors (Lipinski definition) is 2. The number of hydrogen-bond acceptors (Lipinski definition) is 9. The lowest BCUT2D eigenvalue weighted by molar-refractivity contribution is -0.123. The molecule has 2 N–H and O–H groups in total. The van der Waals surface area contributed by atoms with Gasteiger partial charge in [-0.25, -0.2) is 40.9 Å². The van der Waals surface area contributed by atoms with E-state index in [1.807, 2.05) is 0 Å². The molecule has 3 aromatic carbocycles. The minimum Gasteiger partial charge on any atom is -0.344 e. The van der Waals surface area contributed by atoms with E-state index in [0.717, 1.165) is 23.0 Å². The average Bonchev–Trinajstić information content (AvgIpc) is 3.73. The molecule has 2 aliphatic carbocycles.